The standard InChI is InChI=1S/C14H8ClN5O3S/c15-10-4-3-8(6-11(10)20(22)23)12(21)17-14-19-18-13(24-14)9-2-1-5-16-7-9/h1-7H,(H,17,19,21). The maximum atomic E-state index is 12.2. The molecule has 0 radical (unpaired) electrons. The molecule has 1 aromatic carbocycles. The van der Waals surface area contributed by atoms with Crippen molar-refractivity contribution < 1.29 is 9.72 Å². The fourth-order valence-electron chi connectivity index (χ4n) is 1.84. The van der Waals surface area contributed by atoms with Crippen LogP contribution in [-0.4, -0.2) is 26.0 Å². The molecule has 2 aromatic heterocycles. The summed E-state index contributed by atoms with van der Waals surface area (Å²) in [4.78, 5) is 26.4. The summed E-state index contributed by atoms with van der Waals surface area (Å²) in [6.45, 7) is 0. The number of rotatable bonds is 4. The number of benzene rings is 1. The maximum absolute atomic E-state index is 12.2. The highest BCUT2D eigenvalue weighted by Crippen LogP contribution is 2.27. The lowest BCUT2D eigenvalue weighted by atomic mass is 10.2. The van der Waals surface area contributed by atoms with Gasteiger partial charge in [0.2, 0.25) is 5.13 Å². The van der Waals surface area contributed by atoms with Gasteiger partial charge in [-0.2, -0.15) is 0 Å². The summed E-state index contributed by atoms with van der Waals surface area (Å²) < 4.78 is 0. The van der Waals surface area contributed by atoms with Gasteiger partial charge in [-0.1, -0.05) is 22.9 Å². The molecule has 0 saturated carbocycles. The van der Waals surface area contributed by atoms with Gasteiger partial charge >= 0.3 is 0 Å². The Bertz CT molecular complexity index is 916. The Kier molecular flexibility index (Phi) is 4.45. The lowest BCUT2D eigenvalue weighted by Gasteiger charge is -2.02. The van der Waals surface area contributed by atoms with Crippen LogP contribution in [0.3, 0.4) is 0 Å². The number of nitro groups is 1. The molecule has 0 aliphatic rings. The number of nitrogens with zero attached hydrogens (tertiary/aromatic N) is 4. The highest BCUT2D eigenvalue weighted by atomic mass is 35.5. The molecule has 0 unspecified atom stereocenters. The summed E-state index contributed by atoms with van der Waals surface area (Å²) in [5.41, 5.74) is 0.541. The smallest absolute Gasteiger partial charge is 0.288 e. The van der Waals surface area contributed by atoms with Crippen molar-refractivity contribution >= 4 is 39.7 Å². The van der Waals surface area contributed by atoms with Crippen molar-refractivity contribution in [1.29, 1.82) is 0 Å². The molecule has 0 fully saturated rings. The van der Waals surface area contributed by atoms with Crippen molar-refractivity contribution in [1.82, 2.24) is 15.2 Å². The average Bonchev–Trinajstić information content (AvgIpc) is 3.04. The van der Waals surface area contributed by atoms with Crippen molar-refractivity contribution in [3.05, 3.63) is 63.4 Å². The van der Waals surface area contributed by atoms with Crippen molar-refractivity contribution in [3.8, 4) is 10.6 Å². The largest absolute Gasteiger partial charge is 0.296 e. The number of pyridine rings is 1. The minimum absolute atomic E-state index is 0.0358. The van der Waals surface area contributed by atoms with Crippen LogP contribution in [0.4, 0.5) is 10.8 Å². The molecule has 0 bridgehead atoms. The minimum Gasteiger partial charge on any atom is -0.296 e. The number of aromatic nitrogens is 3. The van der Waals surface area contributed by atoms with Crippen LogP contribution in [0.15, 0.2) is 42.7 Å². The Morgan fingerprint density at radius 2 is 2.12 bits per heavy atom. The van der Waals surface area contributed by atoms with Gasteiger partial charge in [0.1, 0.15) is 5.02 Å². The summed E-state index contributed by atoms with van der Waals surface area (Å²) in [6.07, 6.45) is 3.27. The van der Waals surface area contributed by atoms with Crippen LogP contribution < -0.4 is 5.32 Å². The zero-order chi connectivity index (χ0) is 17.1. The van der Waals surface area contributed by atoms with Crippen LogP contribution in [0.5, 0.6) is 0 Å². The molecule has 0 aliphatic carbocycles. The Morgan fingerprint density at radius 1 is 1.29 bits per heavy atom. The van der Waals surface area contributed by atoms with E-state index in [1.54, 1.807) is 18.5 Å². The zero-order valence-corrected chi connectivity index (χ0v) is 13.4. The topological polar surface area (TPSA) is 111 Å². The van der Waals surface area contributed by atoms with Crippen molar-refractivity contribution in [2.24, 2.45) is 0 Å². The summed E-state index contributed by atoms with van der Waals surface area (Å²) >= 11 is 6.90. The molecule has 2 heterocycles. The highest BCUT2D eigenvalue weighted by Gasteiger charge is 2.17. The third kappa shape index (κ3) is 3.36. The average molecular weight is 362 g/mol. The van der Waals surface area contributed by atoms with Gasteiger partial charge < -0.3 is 0 Å². The lowest BCUT2D eigenvalue weighted by Crippen LogP contribution is -2.12. The minimum atomic E-state index is -0.648. The number of halogens is 1. The number of carbonyl (C=O) groups excluding carboxylic acids is 1. The van der Waals surface area contributed by atoms with Crippen LogP contribution in [-0.2, 0) is 0 Å². The van der Waals surface area contributed by atoms with Gasteiger partial charge in [-0.25, -0.2) is 0 Å². The summed E-state index contributed by atoms with van der Waals surface area (Å²) in [5.74, 6) is -0.538. The molecule has 24 heavy (non-hydrogen) atoms. The molecule has 0 atom stereocenters. The molecule has 1 amide bonds. The number of nitro benzene ring substituents is 1. The van der Waals surface area contributed by atoms with E-state index in [1.165, 1.54) is 23.5 Å². The fourth-order valence-corrected chi connectivity index (χ4v) is 2.76. The summed E-state index contributed by atoms with van der Waals surface area (Å²) in [6, 6.07) is 7.40. The second-order valence-corrected chi connectivity index (χ2v) is 5.92. The second kappa shape index (κ2) is 6.69. The molecule has 0 saturated heterocycles. The van der Waals surface area contributed by atoms with Crippen LogP contribution in [0.25, 0.3) is 10.6 Å². The van der Waals surface area contributed by atoms with E-state index in [0.717, 1.165) is 11.6 Å². The number of hydrogen-bond donors (Lipinski definition) is 1. The van der Waals surface area contributed by atoms with Crippen LogP contribution in [0.1, 0.15) is 10.4 Å². The Balaban J connectivity index is 1.80. The first-order valence-corrected chi connectivity index (χ1v) is 7.73. The predicted molar refractivity (Wildman–Crippen MR) is 89.2 cm³/mol. The van der Waals surface area contributed by atoms with Gasteiger partial charge in [0, 0.05) is 29.6 Å². The zero-order valence-electron chi connectivity index (χ0n) is 11.8. The number of anilines is 1. The van der Waals surface area contributed by atoms with Crippen LogP contribution >= 0.6 is 22.9 Å². The van der Waals surface area contributed by atoms with Crippen LogP contribution in [0, 0.1) is 10.1 Å². The van der Waals surface area contributed by atoms with Gasteiger partial charge in [0.25, 0.3) is 11.6 Å². The molecule has 120 valence electrons. The molecule has 0 spiro atoms. The van der Waals surface area contributed by atoms with Crippen molar-refractivity contribution in [2.75, 3.05) is 5.32 Å². The lowest BCUT2D eigenvalue weighted by molar-refractivity contribution is -0.384. The first-order valence-electron chi connectivity index (χ1n) is 6.54. The van der Waals surface area contributed by atoms with E-state index in [1.807, 2.05) is 6.07 Å². The van der Waals surface area contributed by atoms with E-state index in [2.05, 4.69) is 20.5 Å². The van der Waals surface area contributed by atoms with E-state index in [-0.39, 0.29) is 21.4 Å². The van der Waals surface area contributed by atoms with Gasteiger partial charge in [0.15, 0.2) is 5.01 Å². The summed E-state index contributed by atoms with van der Waals surface area (Å²) in [5, 5.41) is 22.1. The predicted octanol–water partition coefficient (Wildman–Crippen LogP) is 3.41. The summed E-state index contributed by atoms with van der Waals surface area (Å²) in [7, 11) is 0. The SMILES string of the molecule is O=C(Nc1nnc(-c2cccnc2)s1)c1ccc(Cl)c([N+](=O)[O-])c1. The molecule has 0 aliphatic heterocycles. The van der Waals surface area contributed by atoms with Gasteiger partial charge in [0.05, 0.1) is 4.92 Å². The molecular weight excluding hydrogens is 354 g/mol. The molecule has 10 heteroatoms. The third-order valence-corrected chi connectivity index (χ3v) is 4.17. The highest BCUT2D eigenvalue weighted by molar-refractivity contribution is 7.18. The Hall–Kier alpha value is -2.91. The van der Waals surface area contributed by atoms with Crippen molar-refractivity contribution in [3.63, 3.8) is 0 Å². The van der Waals surface area contributed by atoms with E-state index >= 15 is 0 Å². The van der Waals surface area contributed by atoms with Crippen LogP contribution in [0.2, 0.25) is 5.02 Å². The molecule has 1 N–H and O–H groups in total. The first kappa shape index (κ1) is 16.0. The van der Waals surface area contributed by atoms with E-state index in [9.17, 15) is 14.9 Å². The molecule has 8 nitrogen and oxygen atoms in total. The quantitative estimate of drug-likeness (QED) is 0.563. The number of amides is 1. The number of carbonyl (C=O) groups is 1. The molecular formula is C14H8ClN5O3S. The Labute approximate surface area is 144 Å². The monoisotopic (exact) mass is 361 g/mol. The fraction of sp³-hybridized carbons (Fsp3) is 0. The normalized spacial score (nSPS) is 10.4. The van der Waals surface area contributed by atoms with Gasteiger partial charge in [-0.05, 0) is 24.3 Å². The molecule has 3 rings (SSSR count). The van der Waals surface area contributed by atoms with Gasteiger partial charge in [-0.3, -0.25) is 25.2 Å². The molecule has 3 aromatic rings. The van der Waals surface area contributed by atoms with E-state index in [4.69, 9.17) is 11.6 Å². The Morgan fingerprint density at radius 3 is 2.83 bits per heavy atom. The van der Waals surface area contributed by atoms with E-state index < -0.39 is 10.8 Å². The third-order valence-electron chi connectivity index (χ3n) is 2.96. The maximum Gasteiger partial charge on any atom is 0.288 e. The van der Waals surface area contributed by atoms with E-state index in [0.29, 0.717) is 5.01 Å². The van der Waals surface area contributed by atoms with Crippen molar-refractivity contribution in [2.45, 2.75) is 0 Å². The van der Waals surface area contributed by atoms with Gasteiger partial charge in [-0.15, -0.1) is 10.2 Å². The first-order chi connectivity index (χ1) is 11.5. The number of hydrogen-bond acceptors (Lipinski definition) is 7. The number of nitrogens with one attached hydrogen (secondary N) is 1. The second-order valence-electron chi connectivity index (χ2n) is 4.53.